The smallest absolute Gasteiger partial charge is 0.190 e. The lowest BCUT2D eigenvalue weighted by Crippen LogP contribution is -2.64. The van der Waals surface area contributed by atoms with Crippen molar-refractivity contribution in [1.82, 2.24) is 0 Å². The van der Waals surface area contributed by atoms with Crippen LogP contribution in [-0.4, -0.2) is 86.2 Å². The first kappa shape index (κ1) is 34.3. The summed E-state index contributed by atoms with van der Waals surface area (Å²) in [5, 5.41) is 0. The third kappa shape index (κ3) is 7.41. The molecule has 5 saturated heterocycles. The van der Waals surface area contributed by atoms with Crippen molar-refractivity contribution in [1.29, 1.82) is 0 Å². The molecule has 268 valence electrons. The number of rotatable bonds is 10. The molecular weight excluding hydrogens is 644 g/mol. The van der Waals surface area contributed by atoms with Gasteiger partial charge in [-0.25, -0.2) is 0 Å². The Morgan fingerprint density at radius 3 is 1.84 bits per heavy atom. The normalized spacial score (nSPS) is 37.3. The minimum absolute atomic E-state index is 0.262. The molecule has 11 nitrogen and oxygen atoms in total. The number of ether oxygens (including phenoxy) is 11. The molecule has 50 heavy (non-hydrogen) atoms. The van der Waals surface area contributed by atoms with Gasteiger partial charge >= 0.3 is 0 Å². The van der Waals surface area contributed by atoms with E-state index in [9.17, 15) is 0 Å². The molecule has 0 aliphatic carbocycles. The van der Waals surface area contributed by atoms with Crippen LogP contribution in [0.15, 0.2) is 91.0 Å². The lowest BCUT2D eigenvalue weighted by molar-refractivity contribution is -0.381. The lowest BCUT2D eigenvalue weighted by atomic mass is 9.96. The Morgan fingerprint density at radius 2 is 1.20 bits per heavy atom. The minimum atomic E-state index is -0.918. The van der Waals surface area contributed by atoms with Crippen molar-refractivity contribution in [3.63, 3.8) is 0 Å². The fraction of sp³-hybridized carbons (Fsp3) is 0.538. The summed E-state index contributed by atoms with van der Waals surface area (Å²) >= 11 is 0. The van der Waals surface area contributed by atoms with Crippen LogP contribution in [-0.2, 0) is 65.3 Å². The molecule has 11 atom stereocenters. The van der Waals surface area contributed by atoms with Crippen LogP contribution in [0.4, 0.5) is 0 Å². The van der Waals surface area contributed by atoms with E-state index >= 15 is 0 Å². The van der Waals surface area contributed by atoms with Gasteiger partial charge in [-0.05, 0) is 38.8 Å². The molecular formula is C39H46O11. The van der Waals surface area contributed by atoms with Gasteiger partial charge in [0.25, 0.3) is 0 Å². The quantitative estimate of drug-likeness (QED) is 0.273. The van der Waals surface area contributed by atoms with E-state index in [1.54, 1.807) is 0 Å². The van der Waals surface area contributed by atoms with Gasteiger partial charge in [-0.15, -0.1) is 0 Å². The molecule has 8 rings (SSSR count). The van der Waals surface area contributed by atoms with Gasteiger partial charge in [-0.2, -0.15) is 0 Å². The van der Waals surface area contributed by atoms with Crippen LogP contribution < -0.4 is 0 Å². The molecule has 0 N–H and O–H groups in total. The monoisotopic (exact) mass is 690 g/mol. The van der Waals surface area contributed by atoms with Crippen LogP contribution in [0.3, 0.4) is 0 Å². The number of benzene rings is 3. The van der Waals surface area contributed by atoms with E-state index in [2.05, 4.69) is 0 Å². The number of hydrogen-bond acceptors (Lipinski definition) is 11. The van der Waals surface area contributed by atoms with Gasteiger partial charge in [-0.1, -0.05) is 91.0 Å². The molecule has 0 radical (unpaired) electrons. The SMILES string of the molecule is CC1(C)OCC(C2OC3OC(C)(C)OC3C2O[C@H]2O[C@@H]3COC(c4ccccc4)O[C@H]3[C@H](OCc3ccccc3)[C@@H]2OCc2ccccc2)O1. The second kappa shape index (κ2) is 14.3. The third-order valence-electron chi connectivity index (χ3n) is 9.64. The molecule has 0 amide bonds. The highest BCUT2D eigenvalue weighted by atomic mass is 16.9. The van der Waals surface area contributed by atoms with Gasteiger partial charge in [-0.3, -0.25) is 0 Å². The van der Waals surface area contributed by atoms with Crippen LogP contribution in [0, 0.1) is 0 Å². The standard InChI is InChI=1S/C39H46O11/c1-38(2)43-23-28(48-38)30-32(34-37(46-30)50-39(3,4)49-34)47-36-33(41-21-25-16-10-6-11-17-25)31(40-20-24-14-8-5-9-15-24)29-27(44-36)22-42-35(45-29)26-18-12-7-13-19-26/h5-19,27-37H,20-23H2,1-4H3/t27-,28?,29-,30?,31+,32?,33+,34?,35?,36-,37?/m1/s1. The third-order valence-corrected chi connectivity index (χ3v) is 9.64. The molecule has 3 aromatic carbocycles. The van der Waals surface area contributed by atoms with Gasteiger partial charge in [0.2, 0.25) is 0 Å². The average molecular weight is 691 g/mol. The Hall–Kier alpha value is -2.78. The Bertz CT molecular complexity index is 1540. The van der Waals surface area contributed by atoms with Gasteiger partial charge in [0, 0.05) is 5.56 Å². The van der Waals surface area contributed by atoms with Crippen molar-refractivity contribution >= 4 is 0 Å². The predicted octanol–water partition coefficient (Wildman–Crippen LogP) is 5.41. The van der Waals surface area contributed by atoms with Crippen LogP contribution in [0.1, 0.15) is 50.7 Å². The van der Waals surface area contributed by atoms with Crippen LogP contribution >= 0.6 is 0 Å². The molecule has 5 aliphatic rings. The van der Waals surface area contributed by atoms with E-state index in [1.807, 2.05) is 119 Å². The van der Waals surface area contributed by atoms with E-state index in [1.165, 1.54) is 0 Å². The maximum atomic E-state index is 6.99. The van der Waals surface area contributed by atoms with Crippen molar-refractivity contribution in [3.8, 4) is 0 Å². The second-order valence-corrected chi connectivity index (χ2v) is 14.3. The molecule has 0 saturated carbocycles. The Labute approximate surface area is 292 Å². The highest BCUT2D eigenvalue weighted by Gasteiger charge is 2.61. The van der Waals surface area contributed by atoms with E-state index in [-0.39, 0.29) is 6.61 Å². The van der Waals surface area contributed by atoms with Gasteiger partial charge in [0.05, 0.1) is 26.4 Å². The predicted molar refractivity (Wildman–Crippen MR) is 177 cm³/mol. The molecule has 0 spiro atoms. The Morgan fingerprint density at radius 1 is 0.580 bits per heavy atom. The summed E-state index contributed by atoms with van der Waals surface area (Å²) in [6.07, 6.45) is -6.73. The van der Waals surface area contributed by atoms with Crippen LogP contribution in [0.25, 0.3) is 0 Å². The fourth-order valence-corrected chi connectivity index (χ4v) is 7.33. The van der Waals surface area contributed by atoms with Crippen LogP contribution in [0.5, 0.6) is 0 Å². The van der Waals surface area contributed by atoms with Crippen molar-refractivity contribution < 1.29 is 52.1 Å². The molecule has 11 heteroatoms. The number of fused-ring (bicyclic) bond motifs is 2. The first-order valence-corrected chi connectivity index (χ1v) is 17.5. The summed E-state index contributed by atoms with van der Waals surface area (Å²) in [4.78, 5) is 0. The van der Waals surface area contributed by atoms with Gasteiger partial charge in [0.1, 0.15) is 48.8 Å². The highest BCUT2D eigenvalue weighted by Crippen LogP contribution is 2.44. The summed E-state index contributed by atoms with van der Waals surface area (Å²) in [6.45, 7) is 8.71. The van der Waals surface area contributed by atoms with Crippen molar-refractivity contribution in [2.45, 2.75) is 120 Å². The molecule has 3 aromatic rings. The van der Waals surface area contributed by atoms with E-state index in [0.717, 1.165) is 16.7 Å². The lowest BCUT2D eigenvalue weighted by Gasteiger charge is -2.49. The molecule has 5 fully saturated rings. The maximum absolute atomic E-state index is 6.99. The molecule has 0 bridgehead atoms. The van der Waals surface area contributed by atoms with Crippen molar-refractivity contribution in [2.75, 3.05) is 13.2 Å². The zero-order valence-electron chi connectivity index (χ0n) is 28.8. The summed E-state index contributed by atoms with van der Waals surface area (Å²) < 4.78 is 71.5. The highest BCUT2D eigenvalue weighted by molar-refractivity contribution is 5.18. The molecule has 0 aromatic heterocycles. The zero-order valence-corrected chi connectivity index (χ0v) is 28.8. The van der Waals surface area contributed by atoms with Gasteiger partial charge < -0.3 is 52.1 Å². The van der Waals surface area contributed by atoms with Gasteiger partial charge in [0.15, 0.2) is 30.4 Å². The van der Waals surface area contributed by atoms with Crippen molar-refractivity contribution in [3.05, 3.63) is 108 Å². The average Bonchev–Trinajstić information content (AvgIpc) is 3.75. The first-order valence-electron chi connectivity index (χ1n) is 17.5. The molecule has 5 aliphatic heterocycles. The Kier molecular flexibility index (Phi) is 9.83. The summed E-state index contributed by atoms with van der Waals surface area (Å²) in [7, 11) is 0. The van der Waals surface area contributed by atoms with E-state index < -0.39 is 79.3 Å². The first-order chi connectivity index (χ1) is 24.2. The summed E-state index contributed by atoms with van der Waals surface area (Å²) in [6, 6.07) is 29.9. The topological polar surface area (TPSA) is 102 Å². The molecule has 5 heterocycles. The zero-order chi connectivity index (χ0) is 34.3. The van der Waals surface area contributed by atoms with Crippen molar-refractivity contribution in [2.24, 2.45) is 0 Å². The summed E-state index contributed by atoms with van der Waals surface area (Å²) in [5.74, 6) is -1.63. The molecule has 6 unspecified atom stereocenters. The second-order valence-electron chi connectivity index (χ2n) is 14.3. The maximum Gasteiger partial charge on any atom is 0.190 e. The van der Waals surface area contributed by atoms with E-state index in [4.69, 9.17) is 52.1 Å². The number of hydrogen-bond donors (Lipinski definition) is 0. The largest absolute Gasteiger partial charge is 0.368 e. The minimum Gasteiger partial charge on any atom is -0.368 e. The van der Waals surface area contributed by atoms with Crippen LogP contribution in [0.2, 0.25) is 0 Å². The Balaban J connectivity index is 1.12. The fourth-order valence-electron chi connectivity index (χ4n) is 7.33. The summed E-state index contributed by atoms with van der Waals surface area (Å²) in [5.41, 5.74) is 2.93. The van der Waals surface area contributed by atoms with E-state index in [0.29, 0.717) is 19.8 Å².